The minimum absolute atomic E-state index is 0.00128. The van der Waals surface area contributed by atoms with Gasteiger partial charge in [0.15, 0.2) is 11.6 Å². The monoisotopic (exact) mass is 649 g/mol. The Morgan fingerprint density at radius 3 is 2.18 bits per heavy atom. The molecular formula is C42H35NO6. The van der Waals surface area contributed by atoms with Crippen LogP contribution in [0.15, 0.2) is 127 Å². The van der Waals surface area contributed by atoms with Crippen LogP contribution in [0.5, 0.6) is 11.5 Å². The van der Waals surface area contributed by atoms with Gasteiger partial charge in [-0.05, 0) is 47.6 Å². The van der Waals surface area contributed by atoms with Crippen LogP contribution in [0, 0.1) is 23.7 Å². The van der Waals surface area contributed by atoms with E-state index in [-0.39, 0.29) is 42.1 Å². The molecule has 7 heteroatoms. The number of ether oxygens (including phenoxy) is 1. The molecule has 1 N–H and O–H groups in total. The molecule has 1 heterocycles. The van der Waals surface area contributed by atoms with E-state index in [1.165, 1.54) is 24.2 Å². The van der Waals surface area contributed by atoms with Gasteiger partial charge in [-0.25, -0.2) is 0 Å². The summed E-state index contributed by atoms with van der Waals surface area (Å²) in [6.07, 6.45) is 4.10. The number of Topliss-reactive ketones (excluding diaryl/α,β-unsaturated/α-hetero) is 1. The molecule has 3 aliphatic carbocycles. The third-order valence-corrected chi connectivity index (χ3v) is 11.2. The molecule has 4 aliphatic rings. The van der Waals surface area contributed by atoms with Gasteiger partial charge in [-0.2, -0.15) is 0 Å². The predicted molar refractivity (Wildman–Crippen MR) is 183 cm³/mol. The summed E-state index contributed by atoms with van der Waals surface area (Å²) in [4.78, 5) is 59.9. The summed E-state index contributed by atoms with van der Waals surface area (Å²) in [5.74, 6) is -3.73. The quantitative estimate of drug-likeness (QED) is 0.191. The molecule has 0 spiro atoms. The number of hydrogen-bond donors (Lipinski definition) is 1. The number of rotatable bonds is 6. The number of aromatic hydroxyl groups is 1. The van der Waals surface area contributed by atoms with E-state index in [2.05, 4.69) is 0 Å². The van der Waals surface area contributed by atoms with Crippen LogP contribution in [-0.4, -0.2) is 40.5 Å². The number of amides is 2. The minimum atomic E-state index is -1.37. The number of benzene rings is 4. The zero-order chi connectivity index (χ0) is 33.9. The van der Waals surface area contributed by atoms with Crippen LogP contribution in [0.3, 0.4) is 0 Å². The van der Waals surface area contributed by atoms with Crippen molar-refractivity contribution < 1.29 is 29.0 Å². The highest BCUT2D eigenvalue weighted by atomic mass is 16.5. The molecule has 0 bridgehead atoms. The van der Waals surface area contributed by atoms with Crippen LogP contribution in [-0.2, 0) is 31.1 Å². The number of carbonyl (C=O) groups excluding carboxylic acids is 4. The Morgan fingerprint density at radius 2 is 1.49 bits per heavy atom. The number of phenols is 1. The van der Waals surface area contributed by atoms with Crippen molar-refractivity contribution in [3.63, 3.8) is 0 Å². The van der Waals surface area contributed by atoms with Gasteiger partial charge in [0.1, 0.15) is 11.5 Å². The van der Waals surface area contributed by atoms with Gasteiger partial charge in [-0.1, -0.05) is 109 Å². The maximum atomic E-state index is 15.1. The second-order valence-corrected chi connectivity index (χ2v) is 13.5. The maximum absolute atomic E-state index is 15.1. The second-order valence-electron chi connectivity index (χ2n) is 13.5. The predicted octanol–water partition coefficient (Wildman–Crippen LogP) is 6.43. The molecular weight excluding hydrogens is 614 g/mol. The molecule has 49 heavy (non-hydrogen) atoms. The van der Waals surface area contributed by atoms with Gasteiger partial charge in [-0.3, -0.25) is 24.1 Å². The third kappa shape index (κ3) is 4.63. The molecule has 4 aromatic carbocycles. The summed E-state index contributed by atoms with van der Waals surface area (Å²) in [5, 5.41) is 10.5. The molecule has 1 aliphatic heterocycles. The lowest BCUT2D eigenvalue weighted by atomic mass is 9.44. The highest BCUT2D eigenvalue weighted by Crippen LogP contribution is 2.64. The van der Waals surface area contributed by atoms with Gasteiger partial charge in [-0.15, -0.1) is 0 Å². The van der Waals surface area contributed by atoms with Gasteiger partial charge < -0.3 is 9.84 Å². The lowest BCUT2D eigenvalue weighted by molar-refractivity contribution is -0.141. The fraction of sp³-hybridized carbons (Fsp3) is 0.238. The molecule has 2 amide bonds. The molecule has 6 atom stereocenters. The van der Waals surface area contributed by atoms with E-state index in [9.17, 15) is 14.7 Å². The lowest BCUT2D eigenvalue weighted by Crippen LogP contribution is -2.58. The number of imide groups is 1. The number of nitrogens with zero attached hydrogens (tertiary/aromatic N) is 1. The normalized spacial score (nSPS) is 27.5. The van der Waals surface area contributed by atoms with Crippen molar-refractivity contribution in [2.45, 2.75) is 30.7 Å². The van der Waals surface area contributed by atoms with Crippen LogP contribution >= 0.6 is 0 Å². The summed E-state index contributed by atoms with van der Waals surface area (Å²) in [7, 11) is 1.51. The summed E-state index contributed by atoms with van der Waals surface area (Å²) < 4.78 is 5.85. The van der Waals surface area contributed by atoms with Gasteiger partial charge >= 0.3 is 0 Å². The molecule has 0 radical (unpaired) electrons. The summed E-state index contributed by atoms with van der Waals surface area (Å²) >= 11 is 0. The second kappa shape index (κ2) is 11.8. The zero-order valence-electron chi connectivity index (χ0n) is 27.0. The molecule has 8 rings (SSSR count). The van der Waals surface area contributed by atoms with Crippen molar-refractivity contribution in [1.82, 2.24) is 4.90 Å². The average Bonchev–Trinajstić information content (AvgIpc) is 3.38. The van der Waals surface area contributed by atoms with Crippen LogP contribution < -0.4 is 4.74 Å². The zero-order valence-corrected chi connectivity index (χ0v) is 27.0. The van der Waals surface area contributed by atoms with Crippen molar-refractivity contribution in [1.29, 1.82) is 0 Å². The van der Waals surface area contributed by atoms with E-state index in [0.717, 1.165) is 11.1 Å². The van der Waals surface area contributed by atoms with E-state index in [4.69, 9.17) is 4.74 Å². The number of allylic oxidation sites excluding steroid dienone is 4. The number of methoxy groups -OCH3 is 1. The van der Waals surface area contributed by atoms with Crippen molar-refractivity contribution in [2.24, 2.45) is 23.7 Å². The highest BCUT2D eigenvalue weighted by molar-refractivity contribution is 6.31. The Bertz CT molecular complexity index is 2050. The average molecular weight is 650 g/mol. The summed E-state index contributed by atoms with van der Waals surface area (Å²) in [6.45, 7) is 0.179. The van der Waals surface area contributed by atoms with Gasteiger partial charge in [0.25, 0.3) is 0 Å². The molecule has 1 saturated heterocycles. The van der Waals surface area contributed by atoms with E-state index in [1.54, 1.807) is 12.1 Å². The molecule has 244 valence electrons. The smallest absolute Gasteiger partial charge is 0.234 e. The van der Waals surface area contributed by atoms with E-state index >= 15 is 9.59 Å². The number of phenolic OH excluding ortho intramolecular Hbond substituents is 1. The molecule has 1 saturated carbocycles. The van der Waals surface area contributed by atoms with Crippen LogP contribution in [0.4, 0.5) is 0 Å². The standard InChI is InChI=1S/C42H35NO6/c1-49-35-21-28(44)17-18-30(35)38-29-19-20-31-37(41(48)43(40(31)47)24-25-11-5-2-6-12-25)33(29)22-34-39(46)32(26-13-7-3-8-14-26)23-36(45)42(34,38)27-15-9-4-10-16-27/h2-19,21,23,31,33-34,37-38,44H,20,22,24H2,1H3/t31-,33+,34-,37-,38+,42-/m0/s1. The molecule has 2 fully saturated rings. The number of likely N-dealkylation sites (tertiary alicyclic amines) is 1. The van der Waals surface area contributed by atoms with E-state index in [0.29, 0.717) is 34.4 Å². The van der Waals surface area contributed by atoms with Gasteiger partial charge in [0, 0.05) is 29.0 Å². The Morgan fingerprint density at radius 1 is 0.816 bits per heavy atom. The molecule has 0 unspecified atom stereocenters. The fourth-order valence-electron chi connectivity index (χ4n) is 9.14. The van der Waals surface area contributed by atoms with Gasteiger partial charge in [0.2, 0.25) is 11.8 Å². The Hall–Kier alpha value is -5.56. The lowest BCUT2D eigenvalue weighted by Gasteiger charge is -2.55. The highest BCUT2D eigenvalue weighted by Gasteiger charge is 2.66. The number of hydrogen-bond acceptors (Lipinski definition) is 6. The topological polar surface area (TPSA) is 101 Å². The SMILES string of the molecule is COc1cc(O)ccc1[C@H]1C2=CC[C@@H]3C(=O)N(Cc4ccccc4)C(=O)[C@@H]3[C@@H]2C[C@H]2C(=O)C(c3ccccc3)=CC(=O)[C@@]12c1ccccc1. The van der Waals surface area contributed by atoms with Crippen LogP contribution in [0.1, 0.15) is 41.0 Å². The van der Waals surface area contributed by atoms with Crippen molar-refractivity contribution in [2.75, 3.05) is 7.11 Å². The first kappa shape index (κ1) is 30.8. The van der Waals surface area contributed by atoms with Crippen LogP contribution in [0.2, 0.25) is 0 Å². The summed E-state index contributed by atoms with van der Waals surface area (Å²) in [6, 6.07) is 32.9. The largest absolute Gasteiger partial charge is 0.508 e. The first-order valence-corrected chi connectivity index (χ1v) is 16.7. The number of fused-ring (bicyclic) bond motifs is 4. The van der Waals surface area contributed by atoms with Crippen molar-refractivity contribution >= 4 is 29.0 Å². The van der Waals surface area contributed by atoms with Gasteiger partial charge in [0.05, 0.1) is 30.9 Å². The van der Waals surface area contributed by atoms with Crippen molar-refractivity contribution in [3.05, 3.63) is 149 Å². The first-order chi connectivity index (χ1) is 23.8. The minimum Gasteiger partial charge on any atom is -0.508 e. The number of ketones is 2. The Kier molecular flexibility index (Phi) is 7.43. The third-order valence-electron chi connectivity index (χ3n) is 11.2. The van der Waals surface area contributed by atoms with Crippen molar-refractivity contribution in [3.8, 4) is 11.5 Å². The molecule has 0 aromatic heterocycles. The van der Waals surface area contributed by atoms with Crippen LogP contribution in [0.25, 0.3) is 5.57 Å². The summed E-state index contributed by atoms with van der Waals surface area (Å²) in [5.41, 5.74) is 2.68. The molecule has 7 nitrogen and oxygen atoms in total. The number of carbonyl (C=O) groups is 4. The Balaban J connectivity index is 1.35. The maximum Gasteiger partial charge on any atom is 0.234 e. The fourth-order valence-corrected chi connectivity index (χ4v) is 9.14. The van der Waals surface area contributed by atoms with E-state index < -0.39 is 35.0 Å². The van der Waals surface area contributed by atoms with E-state index in [1.807, 2.05) is 97.1 Å². The first-order valence-electron chi connectivity index (χ1n) is 16.7. The molecule has 4 aromatic rings. The Labute approximate surface area is 284 Å².